The van der Waals surface area contributed by atoms with Gasteiger partial charge in [0.1, 0.15) is 13.2 Å². The van der Waals surface area contributed by atoms with Crippen LogP contribution in [0.5, 0.6) is 0 Å². The van der Waals surface area contributed by atoms with Gasteiger partial charge in [0.25, 0.3) is 0 Å². The van der Waals surface area contributed by atoms with E-state index in [1.165, 1.54) is 25.7 Å². The number of hydrogen-bond acceptors (Lipinski definition) is 6. The maximum atomic E-state index is 12.9. The maximum absolute atomic E-state index is 12.9. The molecule has 0 aliphatic carbocycles. The predicted octanol–water partition coefficient (Wildman–Crippen LogP) is 22.8. The molecule has 0 aliphatic rings. The minimum Gasteiger partial charge on any atom is -0.462 e. The molecule has 0 radical (unpaired) electrons. The van der Waals surface area contributed by atoms with Gasteiger partial charge < -0.3 is 14.2 Å². The van der Waals surface area contributed by atoms with E-state index in [4.69, 9.17) is 14.2 Å². The minimum absolute atomic E-state index is 0.138. The molecule has 0 saturated carbocycles. The van der Waals surface area contributed by atoms with Crippen LogP contribution in [0.15, 0.2) is 207 Å². The molecule has 1 unspecified atom stereocenters. The smallest absolute Gasteiger partial charge is 0.306 e. The first-order valence-corrected chi connectivity index (χ1v) is 32.6. The van der Waals surface area contributed by atoms with Gasteiger partial charge in [0.15, 0.2) is 6.10 Å². The molecule has 0 saturated heterocycles. The SMILES string of the molecule is CC/C=C\C/C=C\C/C=C\C/C=C\C/C=C\C/C=C\C/C=C\C/C=C\C/C=C\CCCCCC(=O)OCC(COC(=O)CCCCCCC/C=C\C/C=C\CCCCC)OC(=O)CC/C=C\C/C=C\C/C=C\C/C=C\C/C=C\C/C=C\CC. The van der Waals surface area contributed by atoms with Crippen molar-refractivity contribution in [3.05, 3.63) is 207 Å². The van der Waals surface area contributed by atoms with Crippen LogP contribution in [0.25, 0.3) is 0 Å². The summed E-state index contributed by atoms with van der Waals surface area (Å²) in [5.41, 5.74) is 0. The van der Waals surface area contributed by atoms with Crippen LogP contribution in [-0.4, -0.2) is 37.2 Å². The van der Waals surface area contributed by atoms with Gasteiger partial charge in [-0.1, -0.05) is 266 Å². The summed E-state index contributed by atoms with van der Waals surface area (Å²) >= 11 is 0. The molecule has 0 rings (SSSR count). The molecule has 6 nitrogen and oxygen atoms in total. The third-order valence-corrected chi connectivity index (χ3v) is 12.8. The van der Waals surface area contributed by atoms with Crippen LogP contribution in [0.2, 0.25) is 0 Å². The first-order valence-electron chi connectivity index (χ1n) is 32.6. The summed E-state index contributed by atoms with van der Waals surface area (Å²) in [5, 5.41) is 0. The van der Waals surface area contributed by atoms with Crippen molar-refractivity contribution in [1.29, 1.82) is 0 Å². The van der Waals surface area contributed by atoms with Crippen LogP contribution < -0.4 is 0 Å². The van der Waals surface area contributed by atoms with E-state index in [2.05, 4.69) is 215 Å². The average Bonchev–Trinajstić information content (AvgIpc) is 3.49. The van der Waals surface area contributed by atoms with E-state index >= 15 is 0 Å². The summed E-state index contributed by atoms with van der Waals surface area (Å²) < 4.78 is 16.8. The number of hydrogen-bond donors (Lipinski definition) is 0. The summed E-state index contributed by atoms with van der Waals surface area (Å²) in [6, 6.07) is 0. The average molecular weight is 1140 g/mol. The molecule has 0 aliphatic heterocycles. The van der Waals surface area contributed by atoms with Crippen LogP contribution in [0.3, 0.4) is 0 Å². The largest absolute Gasteiger partial charge is 0.462 e. The van der Waals surface area contributed by atoms with Crippen molar-refractivity contribution in [2.45, 2.75) is 245 Å². The molecular formula is C77H116O6. The van der Waals surface area contributed by atoms with Crippen molar-refractivity contribution in [2.75, 3.05) is 13.2 Å². The van der Waals surface area contributed by atoms with Crippen LogP contribution in [0, 0.1) is 0 Å². The minimum atomic E-state index is -0.853. The van der Waals surface area contributed by atoms with Gasteiger partial charge in [-0.05, 0) is 161 Å². The van der Waals surface area contributed by atoms with Crippen molar-refractivity contribution >= 4 is 17.9 Å². The zero-order valence-electron chi connectivity index (χ0n) is 52.6. The molecule has 83 heavy (non-hydrogen) atoms. The summed E-state index contributed by atoms with van der Waals surface area (Å²) in [4.78, 5) is 38.3. The summed E-state index contributed by atoms with van der Waals surface area (Å²) in [5.74, 6) is -1.08. The predicted molar refractivity (Wildman–Crippen MR) is 361 cm³/mol. The number of rotatable bonds is 56. The fraction of sp³-hybridized carbons (Fsp3) is 0.519. The van der Waals surface area contributed by atoms with Gasteiger partial charge in [0, 0.05) is 19.3 Å². The number of carbonyl (C=O) groups is 3. The molecule has 0 aromatic heterocycles. The summed E-state index contributed by atoms with van der Waals surface area (Å²) in [7, 11) is 0. The Morgan fingerprint density at radius 1 is 0.253 bits per heavy atom. The fourth-order valence-corrected chi connectivity index (χ4v) is 7.96. The highest BCUT2D eigenvalue weighted by atomic mass is 16.6. The molecule has 0 N–H and O–H groups in total. The summed E-state index contributed by atoms with van der Waals surface area (Å²) in [6.45, 7) is 6.26. The van der Waals surface area contributed by atoms with Crippen LogP contribution in [-0.2, 0) is 28.6 Å². The lowest BCUT2D eigenvalue weighted by Crippen LogP contribution is -2.30. The molecule has 460 valence electrons. The van der Waals surface area contributed by atoms with Gasteiger partial charge in [0.05, 0.1) is 0 Å². The van der Waals surface area contributed by atoms with E-state index in [1.807, 2.05) is 12.2 Å². The number of allylic oxidation sites excluding steroid dienone is 34. The van der Waals surface area contributed by atoms with Gasteiger partial charge in [-0.2, -0.15) is 0 Å². The Kier molecular flexibility index (Phi) is 63.5. The van der Waals surface area contributed by atoms with Crippen molar-refractivity contribution in [2.24, 2.45) is 0 Å². The number of ether oxygens (including phenoxy) is 3. The standard InChI is InChI=1S/C77H116O6/c1-4-7-10-13-16-19-22-25-28-30-32-33-34-35-36-37-38-39-40-41-42-43-45-46-49-52-55-58-61-64-67-70-76(79)82-73-74(72-81-75(78)69-66-63-60-57-54-51-48-27-24-21-18-15-12-9-6-3)83-77(80)71-68-65-62-59-56-53-50-47-44-31-29-26-23-20-17-14-11-8-5-2/h7-8,10-11,16-21,25-29,32-33,35-36,38-39,41-42,44-48,52-53,55-56,62,65,74H,4-6,9,12-15,22-24,30-31,34,37,40,43,49-51,54,57-61,63-64,66-73H2,1-3H3/b10-7-,11-8-,19-16-,20-17-,21-18-,28-25-,29-26-,33-32-,36-35-,39-38-,42-41-,46-45-,47-44-,48-27-,55-52-,56-53-,65-62-. The second kappa shape index (κ2) is 68.5. The molecule has 1 atom stereocenters. The third-order valence-electron chi connectivity index (χ3n) is 12.8. The van der Waals surface area contributed by atoms with E-state index in [0.717, 1.165) is 167 Å². The molecule has 0 aromatic rings. The van der Waals surface area contributed by atoms with Crippen molar-refractivity contribution < 1.29 is 28.6 Å². The van der Waals surface area contributed by atoms with Crippen LogP contribution >= 0.6 is 0 Å². The van der Waals surface area contributed by atoms with Crippen molar-refractivity contribution in [3.63, 3.8) is 0 Å². The highest BCUT2D eigenvalue weighted by Crippen LogP contribution is 2.12. The van der Waals surface area contributed by atoms with Gasteiger partial charge in [-0.25, -0.2) is 0 Å². The lowest BCUT2D eigenvalue weighted by Gasteiger charge is -2.18. The Morgan fingerprint density at radius 2 is 0.494 bits per heavy atom. The van der Waals surface area contributed by atoms with E-state index in [9.17, 15) is 14.4 Å². The topological polar surface area (TPSA) is 78.9 Å². The Hall–Kier alpha value is -6.01. The second-order valence-electron chi connectivity index (χ2n) is 20.5. The highest BCUT2D eigenvalue weighted by Gasteiger charge is 2.19. The lowest BCUT2D eigenvalue weighted by molar-refractivity contribution is -0.166. The Bertz CT molecular complexity index is 2030. The molecule has 0 fully saturated rings. The molecule has 0 bridgehead atoms. The lowest BCUT2D eigenvalue weighted by atomic mass is 10.1. The monoisotopic (exact) mass is 1140 g/mol. The van der Waals surface area contributed by atoms with E-state index in [0.29, 0.717) is 12.8 Å². The van der Waals surface area contributed by atoms with Crippen molar-refractivity contribution in [3.8, 4) is 0 Å². The summed E-state index contributed by atoms with van der Waals surface area (Å²) in [6.07, 6.45) is 106. The molecule has 0 aromatic carbocycles. The molecule has 6 heteroatoms. The second-order valence-corrected chi connectivity index (χ2v) is 20.5. The van der Waals surface area contributed by atoms with E-state index < -0.39 is 12.1 Å². The number of unbranched alkanes of at least 4 members (excludes halogenated alkanes) is 11. The Balaban J connectivity index is 4.55. The molecule has 0 heterocycles. The first kappa shape index (κ1) is 77.0. The number of esters is 3. The quantitative estimate of drug-likeness (QED) is 0.0261. The van der Waals surface area contributed by atoms with Gasteiger partial charge >= 0.3 is 17.9 Å². The molecule has 0 amide bonds. The van der Waals surface area contributed by atoms with Gasteiger partial charge in [-0.15, -0.1) is 0 Å². The van der Waals surface area contributed by atoms with E-state index in [-0.39, 0.29) is 38.0 Å². The first-order chi connectivity index (χ1) is 41.0. The normalized spacial score (nSPS) is 13.5. The fourth-order valence-electron chi connectivity index (χ4n) is 7.96. The third kappa shape index (κ3) is 66.7. The highest BCUT2D eigenvalue weighted by molar-refractivity contribution is 5.71. The Labute approximate surface area is 509 Å². The Morgan fingerprint density at radius 3 is 0.795 bits per heavy atom. The molecule has 0 spiro atoms. The maximum Gasteiger partial charge on any atom is 0.306 e. The zero-order chi connectivity index (χ0) is 59.9. The van der Waals surface area contributed by atoms with Crippen LogP contribution in [0.4, 0.5) is 0 Å². The van der Waals surface area contributed by atoms with E-state index in [1.54, 1.807) is 0 Å². The van der Waals surface area contributed by atoms with Crippen molar-refractivity contribution in [1.82, 2.24) is 0 Å². The number of carbonyl (C=O) groups excluding carboxylic acids is 3. The zero-order valence-corrected chi connectivity index (χ0v) is 52.6. The van der Waals surface area contributed by atoms with Gasteiger partial charge in [0.2, 0.25) is 0 Å². The van der Waals surface area contributed by atoms with Crippen LogP contribution in [0.1, 0.15) is 239 Å². The molecular weight excluding hydrogens is 1020 g/mol. The van der Waals surface area contributed by atoms with Gasteiger partial charge in [-0.3, -0.25) is 14.4 Å².